The predicted octanol–water partition coefficient (Wildman–Crippen LogP) is 4.26. The number of benzene rings is 1. The molecule has 5 rings (SSSR count). The van der Waals surface area contributed by atoms with Gasteiger partial charge >= 0.3 is 0 Å². The largest absolute Gasteiger partial charge is 0.355 e. The summed E-state index contributed by atoms with van der Waals surface area (Å²) in [7, 11) is 0. The third-order valence-electron chi connectivity index (χ3n) is 5.66. The van der Waals surface area contributed by atoms with Crippen LogP contribution in [0.25, 0.3) is 16.6 Å². The van der Waals surface area contributed by atoms with E-state index < -0.39 is 0 Å². The van der Waals surface area contributed by atoms with Gasteiger partial charge in [-0.25, -0.2) is 9.50 Å². The van der Waals surface area contributed by atoms with Gasteiger partial charge in [0.1, 0.15) is 5.82 Å². The molecule has 3 aromatic heterocycles. The molecule has 0 bridgehead atoms. The lowest BCUT2D eigenvalue weighted by Gasteiger charge is -2.17. The predicted molar refractivity (Wildman–Crippen MR) is 111 cm³/mol. The van der Waals surface area contributed by atoms with Gasteiger partial charge in [0.25, 0.3) is 0 Å². The Bertz CT molecular complexity index is 1110. The van der Waals surface area contributed by atoms with Crippen LogP contribution in [0, 0.1) is 5.92 Å². The Labute approximate surface area is 163 Å². The number of pyridine rings is 1. The minimum Gasteiger partial charge on any atom is -0.355 e. The zero-order valence-corrected chi connectivity index (χ0v) is 16.0. The molecule has 5 nitrogen and oxygen atoms in total. The second kappa shape index (κ2) is 7.54. The number of fused-ring (bicyclic) bond motifs is 2. The van der Waals surface area contributed by atoms with Gasteiger partial charge in [-0.2, -0.15) is 0 Å². The van der Waals surface area contributed by atoms with Crippen LogP contribution in [0.5, 0.6) is 0 Å². The summed E-state index contributed by atoms with van der Waals surface area (Å²) in [5.41, 5.74) is 4.29. The molecule has 0 radical (unpaired) electrons. The molecule has 1 atom stereocenters. The van der Waals surface area contributed by atoms with E-state index in [0.717, 1.165) is 48.1 Å². The van der Waals surface area contributed by atoms with Crippen LogP contribution in [0.3, 0.4) is 0 Å². The first kappa shape index (κ1) is 18.3. The number of aromatic nitrogens is 4. The van der Waals surface area contributed by atoms with Gasteiger partial charge in [0.2, 0.25) is 0 Å². The molecule has 0 aliphatic carbocycles. The fraction of sp³-hybridized carbons (Fsp3) is 0.318. The van der Waals surface area contributed by atoms with Crippen LogP contribution in [-0.4, -0.2) is 32.7 Å². The highest BCUT2D eigenvalue weighted by atomic mass is 19.0. The Kier molecular flexibility index (Phi) is 4.94. The molecular weight excluding hydrogens is 353 g/mol. The van der Waals surface area contributed by atoms with Crippen molar-refractivity contribution < 1.29 is 4.70 Å². The molecule has 0 saturated carbocycles. The van der Waals surface area contributed by atoms with Crippen molar-refractivity contribution in [3.05, 3.63) is 66.1 Å². The standard InChI is InChI=1S/C22H23N5.FH/c1-2-16-9-11-26(15-16)22-8-7-21-24-14-19(27(21)25-22)13-17-5-6-20-18(12-17)4-3-10-23-20;/h3-8,10,12,14,16H,2,9,11,13,15H2,1H3;1H/t16-;/m1./s1. The molecule has 4 aromatic rings. The SMILES string of the molecule is CC[C@@H]1CCN(c2ccc3ncc(Cc4ccc5ncccc5c4)n3n2)C1.F. The van der Waals surface area contributed by atoms with Crippen LogP contribution >= 0.6 is 0 Å². The van der Waals surface area contributed by atoms with Crippen LogP contribution in [-0.2, 0) is 6.42 Å². The first-order valence-corrected chi connectivity index (χ1v) is 9.72. The van der Waals surface area contributed by atoms with E-state index in [0.29, 0.717) is 0 Å². The minimum absolute atomic E-state index is 0. The van der Waals surface area contributed by atoms with E-state index in [1.54, 1.807) is 0 Å². The molecule has 1 aromatic carbocycles. The maximum Gasteiger partial charge on any atom is 0.153 e. The number of anilines is 1. The fourth-order valence-electron chi connectivity index (χ4n) is 4.02. The van der Waals surface area contributed by atoms with Gasteiger partial charge in [0.05, 0.1) is 17.4 Å². The quantitative estimate of drug-likeness (QED) is 0.533. The second-order valence-corrected chi connectivity index (χ2v) is 7.43. The smallest absolute Gasteiger partial charge is 0.153 e. The normalized spacial score (nSPS) is 16.6. The molecule has 1 aliphatic heterocycles. The van der Waals surface area contributed by atoms with Crippen LogP contribution in [0.4, 0.5) is 10.5 Å². The Hall–Kier alpha value is -3.02. The Balaban J connectivity index is 0.00000192. The van der Waals surface area contributed by atoms with Crippen molar-refractivity contribution in [2.75, 3.05) is 18.0 Å². The van der Waals surface area contributed by atoms with Crippen molar-refractivity contribution in [1.29, 1.82) is 0 Å². The van der Waals surface area contributed by atoms with E-state index in [-0.39, 0.29) is 4.70 Å². The van der Waals surface area contributed by atoms with Crippen molar-refractivity contribution in [1.82, 2.24) is 19.6 Å². The zero-order valence-electron chi connectivity index (χ0n) is 16.0. The van der Waals surface area contributed by atoms with Gasteiger partial charge in [-0.05, 0) is 48.2 Å². The molecule has 1 aliphatic rings. The van der Waals surface area contributed by atoms with Crippen molar-refractivity contribution in [2.24, 2.45) is 5.92 Å². The minimum atomic E-state index is 0. The molecule has 144 valence electrons. The van der Waals surface area contributed by atoms with E-state index in [2.05, 4.69) is 58.2 Å². The molecule has 28 heavy (non-hydrogen) atoms. The summed E-state index contributed by atoms with van der Waals surface area (Å²) in [5.74, 6) is 1.84. The maximum absolute atomic E-state index is 4.91. The zero-order chi connectivity index (χ0) is 18.2. The lowest BCUT2D eigenvalue weighted by Crippen LogP contribution is -2.21. The van der Waals surface area contributed by atoms with Crippen LogP contribution in [0.15, 0.2) is 54.9 Å². The molecule has 0 unspecified atom stereocenters. The monoisotopic (exact) mass is 377 g/mol. The fourth-order valence-corrected chi connectivity index (χ4v) is 4.02. The van der Waals surface area contributed by atoms with Crippen LogP contribution < -0.4 is 4.90 Å². The van der Waals surface area contributed by atoms with Crippen molar-refractivity contribution in [3.8, 4) is 0 Å². The van der Waals surface area contributed by atoms with E-state index >= 15 is 0 Å². The third-order valence-corrected chi connectivity index (χ3v) is 5.66. The third kappa shape index (κ3) is 3.30. The topological polar surface area (TPSA) is 46.3 Å². The second-order valence-electron chi connectivity index (χ2n) is 7.43. The highest BCUT2D eigenvalue weighted by Crippen LogP contribution is 2.25. The first-order chi connectivity index (χ1) is 13.3. The average Bonchev–Trinajstić information content (AvgIpc) is 3.35. The Morgan fingerprint density at radius 3 is 2.89 bits per heavy atom. The van der Waals surface area contributed by atoms with E-state index in [1.165, 1.54) is 23.8 Å². The number of hydrogen-bond acceptors (Lipinski definition) is 4. The van der Waals surface area contributed by atoms with E-state index in [9.17, 15) is 0 Å². The van der Waals surface area contributed by atoms with Crippen molar-refractivity contribution >= 4 is 22.4 Å². The molecule has 0 amide bonds. The number of imidazole rings is 1. The lowest BCUT2D eigenvalue weighted by molar-refractivity contribution is 0.568. The highest BCUT2D eigenvalue weighted by molar-refractivity contribution is 5.79. The van der Waals surface area contributed by atoms with Gasteiger partial charge in [0, 0.05) is 31.1 Å². The summed E-state index contributed by atoms with van der Waals surface area (Å²) in [6.07, 6.45) is 7.09. The highest BCUT2D eigenvalue weighted by Gasteiger charge is 2.22. The van der Waals surface area contributed by atoms with Crippen LogP contribution in [0.1, 0.15) is 31.0 Å². The number of nitrogens with zero attached hydrogens (tertiary/aromatic N) is 5. The lowest BCUT2D eigenvalue weighted by atomic mass is 10.1. The molecule has 1 saturated heterocycles. The first-order valence-electron chi connectivity index (χ1n) is 9.72. The van der Waals surface area contributed by atoms with Gasteiger partial charge < -0.3 is 4.90 Å². The molecule has 6 heteroatoms. The van der Waals surface area contributed by atoms with E-state index in [1.807, 2.05) is 23.0 Å². The molecule has 4 heterocycles. The summed E-state index contributed by atoms with van der Waals surface area (Å²) in [5, 5.41) is 6.08. The van der Waals surface area contributed by atoms with Gasteiger partial charge in [-0.15, -0.1) is 5.10 Å². The Morgan fingerprint density at radius 2 is 2.04 bits per heavy atom. The number of rotatable bonds is 4. The Morgan fingerprint density at radius 1 is 1.11 bits per heavy atom. The molecule has 0 N–H and O–H groups in total. The summed E-state index contributed by atoms with van der Waals surface area (Å²) < 4.78 is 2.00. The van der Waals surface area contributed by atoms with E-state index in [4.69, 9.17) is 5.10 Å². The van der Waals surface area contributed by atoms with Crippen LogP contribution in [0.2, 0.25) is 0 Å². The summed E-state index contributed by atoms with van der Waals surface area (Å²) in [4.78, 5) is 11.4. The molecule has 0 spiro atoms. The summed E-state index contributed by atoms with van der Waals surface area (Å²) in [6.45, 7) is 4.48. The summed E-state index contributed by atoms with van der Waals surface area (Å²) in [6, 6.07) is 14.7. The van der Waals surface area contributed by atoms with Gasteiger partial charge in [-0.3, -0.25) is 9.69 Å². The van der Waals surface area contributed by atoms with Gasteiger partial charge in [0.15, 0.2) is 5.65 Å². The van der Waals surface area contributed by atoms with Crippen molar-refractivity contribution in [2.45, 2.75) is 26.2 Å². The average molecular weight is 377 g/mol. The molecule has 1 fully saturated rings. The van der Waals surface area contributed by atoms with Crippen molar-refractivity contribution in [3.63, 3.8) is 0 Å². The number of hydrogen-bond donors (Lipinski definition) is 0. The number of halogens is 1. The maximum atomic E-state index is 4.91. The van der Waals surface area contributed by atoms with Gasteiger partial charge in [-0.1, -0.05) is 25.5 Å². The molecular formula is C22H24FN5. The summed E-state index contributed by atoms with van der Waals surface area (Å²) >= 11 is 0.